The monoisotopic (exact) mass is 432 g/mol. The van der Waals surface area contributed by atoms with E-state index in [4.69, 9.17) is 14.2 Å². The molecule has 0 aliphatic carbocycles. The number of carbonyl (C=O) groups excluding carboxylic acids is 3. The Labute approximate surface area is 177 Å². The van der Waals surface area contributed by atoms with Gasteiger partial charge in [0.15, 0.2) is 0 Å². The van der Waals surface area contributed by atoms with Crippen LogP contribution in [0.2, 0.25) is 0 Å². The highest BCUT2D eigenvalue weighted by Gasteiger charge is 2.52. The molecule has 3 saturated heterocycles. The minimum absolute atomic E-state index is 0.145. The minimum atomic E-state index is -0.717. The van der Waals surface area contributed by atoms with Gasteiger partial charge in [0.25, 0.3) is 11.8 Å². The van der Waals surface area contributed by atoms with E-state index in [2.05, 4.69) is 4.98 Å². The second-order valence-corrected chi connectivity index (χ2v) is 7.87. The van der Waals surface area contributed by atoms with Gasteiger partial charge in [0.05, 0.1) is 18.6 Å². The number of hydrogen-bond acceptors (Lipinski definition) is 7. The van der Waals surface area contributed by atoms with Crippen molar-refractivity contribution in [2.45, 2.75) is 24.6 Å². The van der Waals surface area contributed by atoms with Crippen molar-refractivity contribution in [3.63, 3.8) is 0 Å². The summed E-state index contributed by atoms with van der Waals surface area (Å²) in [7, 11) is 0. The Morgan fingerprint density at radius 2 is 2.00 bits per heavy atom. The summed E-state index contributed by atoms with van der Waals surface area (Å²) in [4.78, 5) is 46.2. The SMILES string of the molecule is O=C(C1=COCCO1)N1C[C@@H]2OC(=O)N(C3CCN(C(=O)c4ccnc(F)c4)C3)[C@@H]2C1. The van der Waals surface area contributed by atoms with Crippen LogP contribution in [0.25, 0.3) is 0 Å². The Hall–Kier alpha value is -3.37. The molecule has 0 bridgehead atoms. The number of hydrogen-bond donors (Lipinski definition) is 0. The first kappa shape index (κ1) is 19.6. The Morgan fingerprint density at radius 1 is 1.13 bits per heavy atom. The Balaban J connectivity index is 1.25. The summed E-state index contributed by atoms with van der Waals surface area (Å²) in [5.74, 6) is -1.18. The van der Waals surface area contributed by atoms with Crippen LogP contribution >= 0.6 is 0 Å². The molecule has 0 spiro atoms. The number of rotatable bonds is 3. The number of carbonyl (C=O) groups is 3. The fourth-order valence-electron chi connectivity index (χ4n) is 4.56. The highest BCUT2D eigenvalue weighted by molar-refractivity contribution is 5.94. The molecule has 0 N–H and O–H groups in total. The van der Waals surface area contributed by atoms with Crippen LogP contribution in [-0.2, 0) is 19.0 Å². The smallest absolute Gasteiger partial charge is 0.410 e. The molecular weight excluding hydrogens is 411 g/mol. The van der Waals surface area contributed by atoms with Crippen LogP contribution in [0.4, 0.5) is 9.18 Å². The summed E-state index contributed by atoms with van der Waals surface area (Å²) in [6.45, 7) is 2.06. The van der Waals surface area contributed by atoms with Gasteiger partial charge in [-0.15, -0.1) is 0 Å². The van der Waals surface area contributed by atoms with Crippen molar-refractivity contribution < 1.29 is 33.0 Å². The number of ether oxygens (including phenoxy) is 3. The van der Waals surface area contributed by atoms with Gasteiger partial charge in [-0.1, -0.05) is 0 Å². The normalized spacial score (nSPS) is 27.4. The minimum Gasteiger partial charge on any atom is -0.494 e. The van der Waals surface area contributed by atoms with Gasteiger partial charge in [-0.25, -0.2) is 9.78 Å². The molecular formula is C20H21FN4O6. The van der Waals surface area contributed by atoms with E-state index in [0.29, 0.717) is 39.3 Å². The molecule has 3 amide bonds. The molecule has 4 aliphatic heterocycles. The molecule has 1 aromatic rings. The molecule has 3 fully saturated rings. The maximum Gasteiger partial charge on any atom is 0.410 e. The molecule has 1 unspecified atom stereocenters. The summed E-state index contributed by atoms with van der Waals surface area (Å²) >= 11 is 0. The van der Waals surface area contributed by atoms with E-state index in [1.807, 2.05) is 0 Å². The Kier molecular flexibility index (Phi) is 4.87. The molecule has 31 heavy (non-hydrogen) atoms. The van der Waals surface area contributed by atoms with Crippen molar-refractivity contribution in [1.29, 1.82) is 0 Å². The number of aromatic nitrogens is 1. The average molecular weight is 432 g/mol. The summed E-state index contributed by atoms with van der Waals surface area (Å²) in [5, 5.41) is 0. The second-order valence-electron chi connectivity index (χ2n) is 7.87. The molecule has 0 radical (unpaired) electrons. The molecule has 1 aromatic heterocycles. The Morgan fingerprint density at radius 3 is 2.77 bits per heavy atom. The fourth-order valence-corrected chi connectivity index (χ4v) is 4.56. The molecule has 164 valence electrons. The predicted molar refractivity (Wildman–Crippen MR) is 101 cm³/mol. The van der Waals surface area contributed by atoms with Crippen LogP contribution in [0.3, 0.4) is 0 Å². The summed E-state index contributed by atoms with van der Waals surface area (Å²) in [6, 6.07) is 2.04. The van der Waals surface area contributed by atoms with Crippen molar-refractivity contribution in [2.75, 3.05) is 39.4 Å². The fraction of sp³-hybridized carbons (Fsp3) is 0.500. The van der Waals surface area contributed by atoms with E-state index in [0.717, 1.165) is 6.07 Å². The van der Waals surface area contributed by atoms with Crippen LogP contribution in [0.5, 0.6) is 0 Å². The zero-order valence-corrected chi connectivity index (χ0v) is 16.6. The van der Waals surface area contributed by atoms with Gasteiger partial charge in [0, 0.05) is 37.5 Å². The molecule has 0 saturated carbocycles. The highest BCUT2D eigenvalue weighted by Crippen LogP contribution is 2.32. The summed E-state index contributed by atoms with van der Waals surface area (Å²) < 4.78 is 29.4. The molecule has 5 rings (SSSR count). The van der Waals surface area contributed by atoms with Crippen LogP contribution in [0.15, 0.2) is 30.4 Å². The Bertz CT molecular complexity index is 955. The number of likely N-dealkylation sites (tertiary alicyclic amines) is 2. The third-order valence-corrected chi connectivity index (χ3v) is 6.02. The lowest BCUT2D eigenvalue weighted by molar-refractivity contribution is -0.131. The average Bonchev–Trinajstić information content (AvgIpc) is 3.48. The molecule has 4 aliphatic rings. The standard InChI is InChI=1S/C20H21FN4O6/c21-17-7-12(1-3-22-17)18(26)23-4-2-13(8-23)25-14-9-24(10-15(14)31-20(25)28)19(27)16-11-29-5-6-30-16/h1,3,7,11,13-15H,2,4-6,8-10H2/t13?,14-,15+/m1/s1. The molecule has 11 heteroatoms. The van der Waals surface area contributed by atoms with Crippen molar-refractivity contribution in [2.24, 2.45) is 0 Å². The zero-order chi connectivity index (χ0) is 21.5. The lowest BCUT2D eigenvalue weighted by Crippen LogP contribution is -2.47. The van der Waals surface area contributed by atoms with E-state index in [-0.39, 0.29) is 41.8 Å². The largest absolute Gasteiger partial charge is 0.494 e. The molecule has 10 nitrogen and oxygen atoms in total. The first-order valence-electron chi connectivity index (χ1n) is 10.1. The lowest BCUT2D eigenvalue weighted by atomic mass is 10.1. The summed E-state index contributed by atoms with van der Waals surface area (Å²) in [5.41, 5.74) is 0.218. The molecule has 0 aromatic carbocycles. The predicted octanol–water partition coefficient (Wildman–Crippen LogP) is 0.355. The van der Waals surface area contributed by atoms with Crippen LogP contribution in [0, 0.1) is 5.95 Å². The van der Waals surface area contributed by atoms with Crippen molar-refractivity contribution in [1.82, 2.24) is 19.7 Å². The molecule has 3 atom stereocenters. The zero-order valence-electron chi connectivity index (χ0n) is 16.6. The highest BCUT2D eigenvalue weighted by atomic mass is 19.1. The van der Waals surface area contributed by atoms with Gasteiger partial charge < -0.3 is 24.0 Å². The van der Waals surface area contributed by atoms with Crippen LogP contribution < -0.4 is 0 Å². The van der Waals surface area contributed by atoms with Crippen molar-refractivity contribution in [3.05, 3.63) is 41.9 Å². The number of halogens is 1. The summed E-state index contributed by atoms with van der Waals surface area (Å²) in [6.07, 6.45) is 2.27. The third kappa shape index (κ3) is 3.53. The number of pyridine rings is 1. The third-order valence-electron chi connectivity index (χ3n) is 6.02. The van der Waals surface area contributed by atoms with Gasteiger partial charge in [0.1, 0.15) is 25.6 Å². The quantitative estimate of drug-likeness (QED) is 0.636. The van der Waals surface area contributed by atoms with Crippen LogP contribution in [-0.4, -0.2) is 95.2 Å². The van der Waals surface area contributed by atoms with Gasteiger partial charge in [-0.3, -0.25) is 14.5 Å². The topological polar surface area (TPSA) is 102 Å². The second kappa shape index (κ2) is 7.71. The lowest BCUT2D eigenvalue weighted by Gasteiger charge is -2.28. The number of nitrogens with zero attached hydrogens (tertiary/aromatic N) is 4. The number of amides is 3. The van der Waals surface area contributed by atoms with Crippen molar-refractivity contribution >= 4 is 17.9 Å². The van der Waals surface area contributed by atoms with E-state index >= 15 is 0 Å². The van der Waals surface area contributed by atoms with Gasteiger partial charge in [0.2, 0.25) is 11.7 Å². The number of fused-ring (bicyclic) bond motifs is 1. The first-order valence-corrected chi connectivity index (χ1v) is 10.1. The first-order chi connectivity index (χ1) is 15.0. The van der Waals surface area contributed by atoms with Crippen LogP contribution in [0.1, 0.15) is 16.8 Å². The van der Waals surface area contributed by atoms with E-state index in [9.17, 15) is 18.8 Å². The van der Waals surface area contributed by atoms with E-state index < -0.39 is 18.1 Å². The maximum atomic E-state index is 13.4. The van der Waals surface area contributed by atoms with Gasteiger partial charge >= 0.3 is 6.09 Å². The maximum absolute atomic E-state index is 13.4. The van der Waals surface area contributed by atoms with E-state index in [1.54, 1.807) is 14.7 Å². The van der Waals surface area contributed by atoms with Crippen molar-refractivity contribution in [3.8, 4) is 0 Å². The van der Waals surface area contributed by atoms with Gasteiger partial charge in [-0.2, -0.15) is 4.39 Å². The molecule has 5 heterocycles. The van der Waals surface area contributed by atoms with Gasteiger partial charge in [-0.05, 0) is 12.5 Å². The van der Waals surface area contributed by atoms with E-state index in [1.165, 1.54) is 18.5 Å².